The third-order valence-corrected chi connectivity index (χ3v) is 5.63. The van der Waals surface area contributed by atoms with Gasteiger partial charge in [-0.15, -0.1) is 0 Å². The van der Waals surface area contributed by atoms with Crippen LogP contribution in [0.2, 0.25) is 0 Å². The van der Waals surface area contributed by atoms with Crippen LogP contribution in [0.1, 0.15) is 36.0 Å². The first-order chi connectivity index (χ1) is 14.9. The van der Waals surface area contributed by atoms with Crippen molar-refractivity contribution < 1.29 is 24.6 Å². The van der Waals surface area contributed by atoms with Gasteiger partial charge in [-0.1, -0.05) is 36.4 Å². The number of rotatable bonds is 4. The van der Waals surface area contributed by atoms with Crippen molar-refractivity contribution in [2.45, 2.75) is 38.5 Å². The van der Waals surface area contributed by atoms with E-state index in [1.54, 1.807) is 0 Å². The number of amides is 1. The van der Waals surface area contributed by atoms with E-state index in [4.69, 9.17) is 10.2 Å². The lowest BCUT2D eigenvalue weighted by atomic mass is 9.85. The van der Waals surface area contributed by atoms with Crippen LogP contribution in [-0.4, -0.2) is 48.2 Å². The van der Waals surface area contributed by atoms with Gasteiger partial charge in [0.2, 0.25) is 5.91 Å². The molecule has 0 atom stereocenters. The van der Waals surface area contributed by atoms with Crippen LogP contribution in [0.4, 0.5) is 5.69 Å². The number of carbonyl (C=O) groups is 3. The monoisotopic (exact) mass is 424 g/mol. The molecular formula is C24H28N2O5. The fraction of sp³-hybridized carbons (Fsp3) is 0.375. The molecule has 0 spiro atoms. The third-order valence-electron chi connectivity index (χ3n) is 5.63. The highest BCUT2D eigenvalue weighted by Gasteiger charge is 2.28. The second-order valence-corrected chi connectivity index (χ2v) is 7.75. The van der Waals surface area contributed by atoms with Gasteiger partial charge in [-0.2, -0.15) is 0 Å². The first-order valence-corrected chi connectivity index (χ1v) is 10.5. The Kier molecular flexibility index (Phi) is 7.41. The molecule has 4 rings (SSSR count). The minimum absolute atomic E-state index is 0.223. The van der Waals surface area contributed by atoms with Crippen molar-refractivity contribution in [1.29, 1.82) is 0 Å². The molecule has 31 heavy (non-hydrogen) atoms. The first kappa shape index (κ1) is 22.5. The lowest BCUT2D eigenvalue weighted by Gasteiger charge is -2.31. The minimum atomic E-state index is -1.08. The van der Waals surface area contributed by atoms with Crippen molar-refractivity contribution in [2.24, 2.45) is 0 Å². The normalized spacial score (nSPS) is 15.1. The van der Waals surface area contributed by atoms with Crippen LogP contribution in [0.25, 0.3) is 11.1 Å². The Morgan fingerprint density at radius 3 is 2.23 bits per heavy atom. The second kappa shape index (κ2) is 10.2. The van der Waals surface area contributed by atoms with Crippen LogP contribution in [0.15, 0.2) is 36.4 Å². The maximum absolute atomic E-state index is 12.3. The van der Waals surface area contributed by atoms with E-state index < -0.39 is 11.9 Å². The highest BCUT2D eigenvalue weighted by atomic mass is 16.4. The van der Waals surface area contributed by atoms with E-state index in [1.165, 1.54) is 27.8 Å². The Morgan fingerprint density at radius 1 is 0.935 bits per heavy atom. The van der Waals surface area contributed by atoms with Crippen LogP contribution in [0.5, 0.6) is 0 Å². The van der Waals surface area contributed by atoms with Gasteiger partial charge in [0.05, 0.1) is 18.5 Å². The molecule has 0 bridgehead atoms. The maximum atomic E-state index is 12.3. The number of nitrogens with zero attached hydrogens (tertiary/aromatic N) is 1. The van der Waals surface area contributed by atoms with Crippen LogP contribution in [-0.2, 0) is 33.6 Å². The molecule has 7 heteroatoms. The molecule has 164 valence electrons. The van der Waals surface area contributed by atoms with Gasteiger partial charge in [0.15, 0.2) is 0 Å². The molecule has 0 aliphatic carbocycles. The second-order valence-electron chi connectivity index (χ2n) is 7.75. The Morgan fingerprint density at radius 2 is 1.58 bits per heavy atom. The van der Waals surface area contributed by atoms with Crippen LogP contribution >= 0.6 is 0 Å². The molecular weight excluding hydrogens is 396 g/mol. The topological polar surface area (TPSA) is 107 Å². The standard InChI is InChI=1S/C20H22N2O.C4H6O4/c1-22-18(23)8-7-16-13-15-9-11-21-12-10-17(15)19(20(16)22)14-5-3-2-4-6-14;5-3(6)1-2-4(7)8/h2-6,13,21H,7-12H2,1H3;1-2H2,(H,5,6)(H,7,8). The van der Waals surface area contributed by atoms with E-state index in [0.29, 0.717) is 6.42 Å². The molecule has 2 aromatic rings. The van der Waals surface area contributed by atoms with Crippen LogP contribution in [0.3, 0.4) is 0 Å². The molecule has 2 aliphatic heterocycles. The van der Waals surface area contributed by atoms with Gasteiger partial charge < -0.3 is 20.4 Å². The molecule has 7 nitrogen and oxygen atoms in total. The molecule has 0 radical (unpaired) electrons. The zero-order valence-electron chi connectivity index (χ0n) is 17.7. The Labute approximate surface area is 181 Å². The summed E-state index contributed by atoms with van der Waals surface area (Å²) in [4.78, 5) is 33.4. The summed E-state index contributed by atoms with van der Waals surface area (Å²) in [5.41, 5.74) is 7.83. The third kappa shape index (κ3) is 5.49. The highest BCUT2D eigenvalue weighted by Crippen LogP contribution is 2.42. The Hall–Kier alpha value is -3.19. The van der Waals surface area contributed by atoms with Crippen LogP contribution in [0, 0.1) is 0 Å². The number of hydrogen-bond acceptors (Lipinski definition) is 4. The Balaban J connectivity index is 0.000000293. The molecule has 0 saturated heterocycles. The smallest absolute Gasteiger partial charge is 0.303 e. The largest absolute Gasteiger partial charge is 0.481 e. The number of carboxylic acids is 2. The number of hydrogen-bond donors (Lipinski definition) is 3. The number of benzene rings is 2. The van der Waals surface area contributed by atoms with E-state index >= 15 is 0 Å². The van der Waals surface area contributed by atoms with Gasteiger partial charge >= 0.3 is 11.9 Å². The quantitative estimate of drug-likeness (QED) is 0.697. The summed E-state index contributed by atoms with van der Waals surface area (Å²) in [7, 11) is 1.92. The zero-order valence-corrected chi connectivity index (χ0v) is 17.7. The van der Waals surface area contributed by atoms with Crippen molar-refractivity contribution in [3.8, 4) is 11.1 Å². The van der Waals surface area contributed by atoms with E-state index in [-0.39, 0.29) is 18.7 Å². The van der Waals surface area contributed by atoms with Gasteiger partial charge in [-0.3, -0.25) is 14.4 Å². The molecule has 2 heterocycles. The lowest BCUT2D eigenvalue weighted by molar-refractivity contribution is -0.143. The molecule has 2 aliphatic rings. The summed E-state index contributed by atoms with van der Waals surface area (Å²) >= 11 is 0. The molecule has 0 fully saturated rings. The number of carbonyl (C=O) groups excluding carboxylic acids is 1. The van der Waals surface area contributed by atoms with Gasteiger partial charge in [0.1, 0.15) is 0 Å². The Bertz CT molecular complexity index is 958. The highest BCUT2D eigenvalue weighted by molar-refractivity contribution is 6.01. The summed E-state index contributed by atoms with van der Waals surface area (Å²) in [5.74, 6) is -1.93. The predicted molar refractivity (Wildman–Crippen MR) is 118 cm³/mol. The average Bonchev–Trinajstić information content (AvgIpc) is 3.00. The van der Waals surface area contributed by atoms with E-state index in [1.807, 2.05) is 18.0 Å². The van der Waals surface area contributed by atoms with Crippen molar-refractivity contribution in [2.75, 3.05) is 25.0 Å². The zero-order chi connectivity index (χ0) is 22.4. The van der Waals surface area contributed by atoms with Gasteiger partial charge in [-0.05, 0) is 54.6 Å². The number of nitrogens with one attached hydrogen (secondary N) is 1. The number of fused-ring (bicyclic) bond motifs is 2. The number of carboxylic acid groups (broad SMARTS) is 2. The summed E-state index contributed by atoms with van der Waals surface area (Å²) < 4.78 is 0. The molecule has 0 unspecified atom stereocenters. The molecule has 3 N–H and O–H groups in total. The number of anilines is 1. The SMILES string of the molecule is CN1C(=O)CCc2cc3c(c(-c4ccccc4)c21)CCNCC3.O=C(O)CCC(=O)O. The van der Waals surface area contributed by atoms with Crippen LogP contribution < -0.4 is 10.2 Å². The summed E-state index contributed by atoms with van der Waals surface area (Å²) in [6.45, 7) is 2.04. The molecule has 0 aromatic heterocycles. The van der Waals surface area contributed by atoms with Crippen molar-refractivity contribution in [1.82, 2.24) is 5.32 Å². The summed E-state index contributed by atoms with van der Waals surface area (Å²) in [6.07, 6.45) is 2.98. The summed E-state index contributed by atoms with van der Waals surface area (Å²) in [6, 6.07) is 12.9. The summed E-state index contributed by atoms with van der Waals surface area (Å²) in [5, 5.41) is 19.3. The molecule has 1 amide bonds. The molecule has 0 saturated carbocycles. The van der Waals surface area contributed by atoms with E-state index in [9.17, 15) is 14.4 Å². The van der Waals surface area contributed by atoms with Crippen molar-refractivity contribution in [3.63, 3.8) is 0 Å². The number of aryl methyl sites for hydroxylation is 1. The lowest BCUT2D eigenvalue weighted by Crippen LogP contribution is -2.32. The molecule has 2 aromatic carbocycles. The van der Waals surface area contributed by atoms with Gasteiger partial charge in [0, 0.05) is 19.0 Å². The van der Waals surface area contributed by atoms with Crippen molar-refractivity contribution >= 4 is 23.5 Å². The fourth-order valence-electron chi connectivity index (χ4n) is 4.14. The van der Waals surface area contributed by atoms with Gasteiger partial charge in [0.25, 0.3) is 0 Å². The first-order valence-electron chi connectivity index (χ1n) is 10.5. The maximum Gasteiger partial charge on any atom is 0.303 e. The average molecular weight is 424 g/mol. The van der Waals surface area contributed by atoms with E-state index in [2.05, 4.69) is 35.6 Å². The van der Waals surface area contributed by atoms with Gasteiger partial charge in [-0.25, -0.2) is 0 Å². The number of aliphatic carboxylic acids is 2. The minimum Gasteiger partial charge on any atom is -0.481 e. The fourth-order valence-corrected chi connectivity index (χ4v) is 4.14. The van der Waals surface area contributed by atoms with E-state index in [0.717, 1.165) is 38.0 Å². The predicted octanol–water partition coefficient (Wildman–Crippen LogP) is 2.89. The van der Waals surface area contributed by atoms with Crippen molar-refractivity contribution in [3.05, 3.63) is 53.1 Å².